The van der Waals surface area contributed by atoms with Crippen LogP contribution in [-0.4, -0.2) is 29.2 Å². The molecule has 0 aliphatic heterocycles. The molecule has 2 aromatic heterocycles. The second-order valence-electron chi connectivity index (χ2n) is 4.42. The molecule has 6 nitrogen and oxygen atoms in total. The second-order valence-corrected chi connectivity index (χ2v) is 7.37. The molecule has 2 N–H and O–H groups in total. The number of fused-ring (bicyclic) bond motifs is 1. The number of nitrogens with zero attached hydrogens (tertiary/aromatic N) is 3. The highest BCUT2D eigenvalue weighted by Crippen LogP contribution is 2.26. The predicted molar refractivity (Wildman–Crippen MR) is 78.5 cm³/mol. The molecular weight excluding hydrogens is 296 g/mol. The molecule has 3 aromatic rings. The van der Waals surface area contributed by atoms with E-state index >= 15 is 0 Å². The van der Waals surface area contributed by atoms with E-state index in [9.17, 15) is 8.42 Å². The summed E-state index contributed by atoms with van der Waals surface area (Å²) in [7, 11) is -3.34. The molecule has 0 amide bonds. The van der Waals surface area contributed by atoms with Crippen molar-refractivity contribution in [3.8, 4) is 0 Å². The molecule has 0 aliphatic carbocycles. The third kappa shape index (κ3) is 2.16. The molecular formula is C12H12N4O2S2. The molecule has 2 heterocycles. The highest BCUT2D eigenvalue weighted by atomic mass is 32.2. The molecule has 0 saturated heterocycles. The van der Waals surface area contributed by atoms with Gasteiger partial charge in [0.2, 0.25) is 5.95 Å². The van der Waals surface area contributed by atoms with Crippen molar-refractivity contribution < 1.29 is 8.42 Å². The summed E-state index contributed by atoms with van der Waals surface area (Å²) in [6.07, 6.45) is 2.93. The van der Waals surface area contributed by atoms with Gasteiger partial charge in [0.1, 0.15) is 5.52 Å². The maximum atomic E-state index is 11.8. The number of imidazole rings is 1. The maximum absolute atomic E-state index is 11.8. The normalized spacial score (nSPS) is 12.1. The largest absolute Gasteiger partial charge is 0.369 e. The van der Waals surface area contributed by atoms with Gasteiger partial charge in [-0.2, -0.15) is 0 Å². The van der Waals surface area contributed by atoms with Crippen molar-refractivity contribution in [3.63, 3.8) is 0 Å². The van der Waals surface area contributed by atoms with E-state index in [2.05, 4.69) is 9.97 Å². The molecule has 0 spiro atoms. The monoisotopic (exact) mass is 308 g/mol. The zero-order valence-corrected chi connectivity index (χ0v) is 12.3. The van der Waals surface area contributed by atoms with E-state index in [0.29, 0.717) is 23.5 Å². The SMILES string of the molecule is CS(=O)(=O)c1cccc2c1nc(N)n2Cc1cncs1. The molecule has 8 heteroatoms. The number of hydrogen-bond donors (Lipinski definition) is 1. The van der Waals surface area contributed by atoms with Crippen LogP contribution in [0.2, 0.25) is 0 Å². The fourth-order valence-electron chi connectivity index (χ4n) is 2.08. The first kappa shape index (κ1) is 13.1. The van der Waals surface area contributed by atoms with Gasteiger partial charge in [0.15, 0.2) is 9.84 Å². The molecule has 0 unspecified atom stereocenters. The molecule has 3 rings (SSSR count). The van der Waals surface area contributed by atoms with Gasteiger partial charge >= 0.3 is 0 Å². The number of para-hydroxylation sites is 1. The fourth-order valence-corrected chi connectivity index (χ4v) is 3.49. The van der Waals surface area contributed by atoms with E-state index < -0.39 is 9.84 Å². The Morgan fingerprint density at radius 3 is 2.85 bits per heavy atom. The minimum absolute atomic E-state index is 0.199. The van der Waals surface area contributed by atoms with Crippen molar-refractivity contribution in [2.75, 3.05) is 12.0 Å². The molecule has 0 fully saturated rings. The lowest BCUT2D eigenvalue weighted by molar-refractivity contribution is 0.602. The molecule has 20 heavy (non-hydrogen) atoms. The van der Waals surface area contributed by atoms with Gasteiger partial charge < -0.3 is 10.3 Å². The van der Waals surface area contributed by atoms with Crippen molar-refractivity contribution in [3.05, 3.63) is 34.8 Å². The van der Waals surface area contributed by atoms with Gasteiger partial charge in [0.25, 0.3) is 0 Å². The lowest BCUT2D eigenvalue weighted by atomic mass is 10.3. The topological polar surface area (TPSA) is 90.9 Å². The van der Waals surface area contributed by atoms with Crippen LogP contribution in [0.25, 0.3) is 11.0 Å². The quantitative estimate of drug-likeness (QED) is 0.792. The summed E-state index contributed by atoms with van der Waals surface area (Å²) in [5, 5.41) is 0. The van der Waals surface area contributed by atoms with Crippen LogP contribution in [0.4, 0.5) is 5.95 Å². The van der Waals surface area contributed by atoms with Crippen LogP contribution in [0.1, 0.15) is 4.88 Å². The van der Waals surface area contributed by atoms with Crippen LogP contribution in [0, 0.1) is 0 Å². The molecule has 0 saturated carbocycles. The molecule has 1 aromatic carbocycles. The van der Waals surface area contributed by atoms with E-state index in [-0.39, 0.29) is 4.90 Å². The van der Waals surface area contributed by atoms with Gasteiger partial charge in [-0.15, -0.1) is 11.3 Å². The third-order valence-electron chi connectivity index (χ3n) is 2.97. The van der Waals surface area contributed by atoms with Crippen LogP contribution >= 0.6 is 11.3 Å². The minimum Gasteiger partial charge on any atom is -0.369 e. The average Bonchev–Trinajstić information content (AvgIpc) is 2.97. The Hall–Kier alpha value is -1.93. The smallest absolute Gasteiger partial charge is 0.201 e. The Morgan fingerprint density at radius 1 is 1.40 bits per heavy atom. The standard InChI is InChI=1S/C12H12N4O2S2/c1-20(17,18)10-4-2-3-9-11(10)15-12(13)16(9)6-8-5-14-7-19-8/h2-5,7H,6H2,1H3,(H2,13,15). The predicted octanol–water partition coefficient (Wildman–Crippen LogP) is 1.53. The van der Waals surface area contributed by atoms with E-state index in [1.807, 2.05) is 6.07 Å². The van der Waals surface area contributed by atoms with E-state index in [1.54, 1.807) is 28.4 Å². The first-order valence-corrected chi connectivity index (χ1v) is 8.56. The van der Waals surface area contributed by atoms with Crippen LogP contribution in [-0.2, 0) is 16.4 Å². The van der Waals surface area contributed by atoms with Gasteiger partial charge in [0, 0.05) is 17.3 Å². The zero-order chi connectivity index (χ0) is 14.3. The van der Waals surface area contributed by atoms with Crippen LogP contribution in [0.5, 0.6) is 0 Å². The van der Waals surface area contributed by atoms with Crippen molar-refractivity contribution in [1.82, 2.24) is 14.5 Å². The number of benzene rings is 1. The van der Waals surface area contributed by atoms with E-state index in [0.717, 1.165) is 4.88 Å². The summed E-state index contributed by atoms with van der Waals surface area (Å²) in [6, 6.07) is 5.05. The van der Waals surface area contributed by atoms with Crippen LogP contribution in [0.15, 0.2) is 34.8 Å². The lowest BCUT2D eigenvalue weighted by Crippen LogP contribution is -2.03. The number of anilines is 1. The summed E-state index contributed by atoms with van der Waals surface area (Å²) in [5.41, 5.74) is 8.79. The first-order valence-electron chi connectivity index (χ1n) is 5.79. The van der Waals surface area contributed by atoms with Crippen molar-refractivity contribution in [2.45, 2.75) is 11.4 Å². The van der Waals surface area contributed by atoms with Crippen molar-refractivity contribution in [2.24, 2.45) is 0 Å². The van der Waals surface area contributed by atoms with Gasteiger partial charge in [-0.05, 0) is 12.1 Å². The van der Waals surface area contributed by atoms with Crippen LogP contribution < -0.4 is 5.73 Å². The lowest BCUT2D eigenvalue weighted by Gasteiger charge is -2.04. The number of aromatic nitrogens is 3. The summed E-state index contributed by atoms with van der Waals surface area (Å²) in [5.74, 6) is 0.296. The highest BCUT2D eigenvalue weighted by molar-refractivity contribution is 7.91. The molecule has 0 aliphatic rings. The zero-order valence-electron chi connectivity index (χ0n) is 10.6. The fraction of sp³-hybridized carbons (Fsp3) is 0.167. The van der Waals surface area contributed by atoms with Gasteiger partial charge in [-0.25, -0.2) is 13.4 Å². The number of hydrogen-bond acceptors (Lipinski definition) is 6. The maximum Gasteiger partial charge on any atom is 0.201 e. The first-order chi connectivity index (χ1) is 9.47. The van der Waals surface area contributed by atoms with E-state index in [1.165, 1.54) is 17.6 Å². The van der Waals surface area contributed by atoms with Crippen molar-refractivity contribution >= 4 is 38.2 Å². The Morgan fingerprint density at radius 2 is 2.20 bits per heavy atom. The second kappa shape index (κ2) is 4.57. The summed E-state index contributed by atoms with van der Waals surface area (Å²) in [6.45, 7) is 0.528. The van der Waals surface area contributed by atoms with Gasteiger partial charge in [-0.1, -0.05) is 6.07 Å². The summed E-state index contributed by atoms with van der Waals surface area (Å²) < 4.78 is 25.4. The molecule has 104 valence electrons. The number of nitrogens with two attached hydrogens (primary N) is 1. The Kier molecular flexibility index (Phi) is 2.98. The molecule has 0 radical (unpaired) electrons. The Labute approximate surface area is 119 Å². The number of thiazole rings is 1. The number of rotatable bonds is 3. The van der Waals surface area contributed by atoms with Gasteiger partial charge in [-0.3, -0.25) is 4.98 Å². The average molecular weight is 308 g/mol. The van der Waals surface area contributed by atoms with Crippen LogP contribution in [0.3, 0.4) is 0 Å². The molecule has 0 atom stereocenters. The third-order valence-corrected chi connectivity index (χ3v) is 4.86. The summed E-state index contributed by atoms with van der Waals surface area (Å²) >= 11 is 1.51. The molecule has 0 bridgehead atoms. The van der Waals surface area contributed by atoms with Crippen molar-refractivity contribution in [1.29, 1.82) is 0 Å². The van der Waals surface area contributed by atoms with Gasteiger partial charge in [0.05, 0.1) is 22.5 Å². The van der Waals surface area contributed by atoms with E-state index in [4.69, 9.17) is 5.73 Å². The summed E-state index contributed by atoms with van der Waals surface area (Å²) in [4.78, 5) is 9.45. The Balaban J connectivity index is 2.22. The highest BCUT2D eigenvalue weighted by Gasteiger charge is 2.17. The minimum atomic E-state index is -3.34. The number of nitrogen functional groups attached to an aromatic ring is 1. The number of sulfone groups is 1. The Bertz CT molecular complexity index is 866.